The summed E-state index contributed by atoms with van der Waals surface area (Å²) in [4.78, 5) is 9.64. The largest absolute Gasteiger partial charge is 0.383 e. The monoisotopic (exact) mass is 571 g/mol. The van der Waals surface area contributed by atoms with E-state index in [1.807, 2.05) is 23.8 Å². The molecule has 6 nitrogen and oxygen atoms in total. The molecule has 1 saturated heterocycles. The summed E-state index contributed by atoms with van der Waals surface area (Å²) in [5.74, 6) is 0.760. The molecule has 1 aliphatic rings. The summed E-state index contributed by atoms with van der Waals surface area (Å²) in [6.07, 6.45) is 1.04. The molecule has 2 unspecified atom stereocenters. The Morgan fingerprint density at radius 1 is 1.22 bits per heavy atom. The molecular formula is C24H38IN5OS. The highest BCUT2D eigenvalue weighted by Crippen LogP contribution is 2.25. The zero-order valence-electron chi connectivity index (χ0n) is 19.5. The molecule has 8 heteroatoms. The number of piperazine rings is 1. The third-order valence-electron chi connectivity index (χ3n) is 5.83. The Hall–Kier alpha value is -1.20. The van der Waals surface area contributed by atoms with Crippen LogP contribution in [0.4, 0.5) is 0 Å². The first-order chi connectivity index (χ1) is 15.0. The molecule has 32 heavy (non-hydrogen) atoms. The normalized spacial score (nSPS) is 19.8. The van der Waals surface area contributed by atoms with E-state index in [1.54, 1.807) is 11.3 Å². The number of rotatable bonds is 9. The van der Waals surface area contributed by atoms with Crippen LogP contribution >= 0.6 is 35.3 Å². The quantitative estimate of drug-likeness (QED) is 0.186. The topological polar surface area (TPSA) is 63.1 Å². The molecule has 0 bridgehead atoms. The van der Waals surface area contributed by atoms with Crippen molar-refractivity contribution in [2.45, 2.75) is 31.9 Å². The van der Waals surface area contributed by atoms with Gasteiger partial charge in [-0.25, -0.2) is 4.99 Å². The maximum absolute atomic E-state index is 10.7. The van der Waals surface area contributed by atoms with E-state index in [0.29, 0.717) is 12.6 Å². The molecule has 0 saturated carbocycles. The number of nitrogens with zero attached hydrogens (tertiary/aromatic N) is 3. The highest BCUT2D eigenvalue weighted by Gasteiger charge is 2.26. The van der Waals surface area contributed by atoms with E-state index in [0.717, 1.165) is 57.2 Å². The molecule has 178 valence electrons. The molecule has 0 spiro atoms. The van der Waals surface area contributed by atoms with Crippen molar-refractivity contribution < 1.29 is 5.11 Å². The zero-order chi connectivity index (χ0) is 22.1. The van der Waals surface area contributed by atoms with E-state index in [-0.39, 0.29) is 24.0 Å². The predicted octanol–water partition coefficient (Wildman–Crippen LogP) is 3.51. The first kappa shape index (κ1) is 27.0. The van der Waals surface area contributed by atoms with Gasteiger partial charge in [-0.05, 0) is 55.3 Å². The van der Waals surface area contributed by atoms with Crippen molar-refractivity contribution in [3.63, 3.8) is 0 Å². The summed E-state index contributed by atoms with van der Waals surface area (Å²) in [5.41, 5.74) is 1.36. The number of aliphatic imine (C=N–C) groups is 1. The van der Waals surface area contributed by atoms with Crippen molar-refractivity contribution in [3.05, 3.63) is 58.3 Å². The third-order valence-corrected chi connectivity index (χ3v) is 6.51. The molecule has 0 amide bonds. The van der Waals surface area contributed by atoms with Gasteiger partial charge in [0.1, 0.15) is 5.60 Å². The minimum absolute atomic E-state index is 0. The number of benzene rings is 1. The van der Waals surface area contributed by atoms with Gasteiger partial charge in [0, 0.05) is 45.3 Å². The van der Waals surface area contributed by atoms with Gasteiger partial charge >= 0.3 is 0 Å². The minimum Gasteiger partial charge on any atom is -0.383 e. The molecular weight excluding hydrogens is 533 g/mol. The van der Waals surface area contributed by atoms with E-state index in [1.165, 1.54) is 5.56 Å². The Morgan fingerprint density at radius 2 is 2.00 bits per heavy atom. The SMILES string of the molecule is CCNC(=NCC(C)(O)c1ccsc1)NCCCN1CCN(C)CC1c1ccccc1.I. The highest BCUT2D eigenvalue weighted by molar-refractivity contribution is 14.0. The van der Waals surface area contributed by atoms with Crippen LogP contribution < -0.4 is 10.6 Å². The van der Waals surface area contributed by atoms with Gasteiger partial charge < -0.3 is 20.6 Å². The second-order valence-electron chi connectivity index (χ2n) is 8.49. The maximum Gasteiger partial charge on any atom is 0.191 e. The molecule has 3 rings (SSSR count). The van der Waals surface area contributed by atoms with Gasteiger partial charge in [0.25, 0.3) is 0 Å². The van der Waals surface area contributed by atoms with E-state index < -0.39 is 5.60 Å². The van der Waals surface area contributed by atoms with Gasteiger partial charge in [0.05, 0.1) is 6.54 Å². The molecule has 0 radical (unpaired) electrons. The van der Waals surface area contributed by atoms with E-state index in [9.17, 15) is 5.11 Å². The number of halogens is 1. The lowest BCUT2D eigenvalue weighted by Crippen LogP contribution is -2.47. The van der Waals surface area contributed by atoms with Crippen LogP contribution in [0.5, 0.6) is 0 Å². The lowest BCUT2D eigenvalue weighted by atomic mass is 10.00. The van der Waals surface area contributed by atoms with E-state index >= 15 is 0 Å². The minimum atomic E-state index is -0.953. The van der Waals surface area contributed by atoms with Crippen molar-refractivity contribution in [1.82, 2.24) is 20.4 Å². The fourth-order valence-corrected chi connectivity index (χ4v) is 4.72. The number of hydrogen-bond donors (Lipinski definition) is 3. The summed E-state index contributed by atoms with van der Waals surface area (Å²) in [6, 6.07) is 13.2. The van der Waals surface area contributed by atoms with Crippen molar-refractivity contribution in [1.29, 1.82) is 0 Å². The Balaban J connectivity index is 0.00000363. The number of guanidine groups is 1. The molecule has 1 aromatic carbocycles. The second kappa shape index (κ2) is 13.5. The Labute approximate surface area is 214 Å². The summed E-state index contributed by atoms with van der Waals surface area (Å²) < 4.78 is 0. The summed E-state index contributed by atoms with van der Waals surface area (Å²) in [7, 11) is 2.21. The molecule has 0 aliphatic carbocycles. The van der Waals surface area contributed by atoms with Crippen LogP contribution in [0.2, 0.25) is 0 Å². The molecule has 1 aliphatic heterocycles. The highest BCUT2D eigenvalue weighted by atomic mass is 127. The standard InChI is InChI=1S/C24H37N5OS.HI/c1-4-25-23(27-19-24(2,30)21-11-16-31-18-21)26-12-8-13-29-15-14-28(3)17-22(29)20-9-6-5-7-10-20;/h5-7,9-11,16,18,22,30H,4,8,12-15,17,19H2,1-3H3,(H2,25,26,27);1H. The van der Waals surface area contributed by atoms with Gasteiger partial charge in [-0.1, -0.05) is 30.3 Å². The number of likely N-dealkylation sites (N-methyl/N-ethyl adjacent to an activating group) is 1. The molecule has 1 fully saturated rings. The molecule has 1 aromatic heterocycles. The van der Waals surface area contributed by atoms with Crippen molar-refractivity contribution in [2.24, 2.45) is 4.99 Å². The average Bonchev–Trinajstić information content (AvgIpc) is 3.32. The number of nitrogens with one attached hydrogen (secondary N) is 2. The van der Waals surface area contributed by atoms with Crippen LogP contribution in [0, 0.1) is 0 Å². The predicted molar refractivity (Wildman–Crippen MR) is 146 cm³/mol. The maximum atomic E-state index is 10.7. The summed E-state index contributed by atoms with van der Waals surface area (Å²) in [6.45, 7) is 10.2. The molecule has 2 aromatic rings. The van der Waals surface area contributed by atoms with Crippen molar-refractivity contribution in [3.8, 4) is 0 Å². The van der Waals surface area contributed by atoms with Gasteiger partial charge in [-0.2, -0.15) is 11.3 Å². The van der Waals surface area contributed by atoms with Crippen LogP contribution in [0.25, 0.3) is 0 Å². The van der Waals surface area contributed by atoms with E-state index in [2.05, 4.69) is 69.7 Å². The van der Waals surface area contributed by atoms with E-state index in [4.69, 9.17) is 0 Å². The Morgan fingerprint density at radius 3 is 2.69 bits per heavy atom. The molecule has 2 atom stereocenters. The first-order valence-corrected chi connectivity index (χ1v) is 12.2. The number of thiophene rings is 1. The average molecular weight is 572 g/mol. The lowest BCUT2D eigenvalue weighted by Gasteiger charge is -2.40. The van der Waals surface area contributed by atoms with Crippen LogP contribution in [0.3, 0.4) is 0 Å². The van der Waals surface area contributed by atoms with Gasteiger partial charge in [0.15, 0.2) is 5.96 Å². The summed E-state index contributed by atoms with van der Waals surface area (Å²) in [5, 5.41) is 21.4. The number of aliphatic hydroxyl groups is 1. The third kappa shape index (κ3) is 7.98. The zero-order valence-corrected chi connectivity index (χ0v) is 22.6. The molecule has 2 heterocycles. The van der Waals surface area contributed by atoms with Crippen LogP contribution in [0.1, 0.15) is 37.4 Å². The Kier molecular flexibility index (Phi) is 11.4. The Bertz CT molecular complexity index is 800. The second-order valence-corrected chi connectivity index (χ2v) is 9.27. The van der Waals surface area contributed by atoms with Crippen LogP contribution in [-0.4, -0.2) is 73.7 Å². The molecule has 3 N–H and O–H groups in total. The van der Waals surface area contributed by atoms with Crippen molar-refractivity contribution >= 4 is 41.3 Å². The lowest BCUT2D eigenvalue weighted by molar-refractivity contribution is 0.0677. The summed E-state index contributed by atoms with van der Waals surface area (Å²) >= 11 is 1.59. The fourth-order valence-electron chi connectivity index (χ4n) is 3.94. The van der Waals surface area contributed by atoms with Crippen LogP contribution in [0.15, 0.2) is 52.2 Å². The van der Waals surface area contributed by atoms with Crippen molar-refractivity contribution in [2.75, 3.05) is 52.9 Å². The smallest absolute Gasteiger partial charge is 0.191 e. The first-order valence-electron chi connectivity index (χ1n) is 11.2. The van der Waals surface area contributed by atoms with Crippen LogP contribution in [-0.2, 0) is 5.60 Å². The fraction of sp³-hybridized carbons (Fsp3) is 0.542. The van der Waals surface area contributed by atoms with Gasteiger partial charge in [0.2, 0.25) is 0 Å². The van der Waals surface area contributed by atoms with Gasteiger partial charge in [-0.3, -0.25) is 4.90 Å². The number of hydrogen-bond acceptors (Lipinski definition) is 5. The van der Waals surface area contributed by atoms with Gasteiger partial charge in [-0.15, -0.1) is 24.0 Å².